The van der Waals surface area contributed by atoms with Crippen molar-refractivity contribution in [2.24, 2.45) is 0 Å². The van der Waals surface area contributed by atoms with E-state index >= 15 is 0 Å². The topological polar surface area (TPSA) is 108 Å². The molecule has 1 aromatic carbocycles. The van der Waals surface area contributed by atoms with Crippen molar-refractivity contribution < 1.29 is 23.9 Å². The number of nitrogen functional groups attached to an aromatic ring is 1. The van der Waals surface area contributed by atoms with Crippen LogP contribution < -0.4 is 11.1 Å². The van der Waals surface area contributed by atoms with Crippen molar-refractivity contribution in [1.82, 2.24) is 0 Å². The van der Waals surface area contributed by atoms with Crippen LogP contribution in [0.25, 0.3) is 0 Å². The second-order valence-electron chi connectivity index (χ2n) is 7.53. The second-order valence-corrected chi connectivity index (χ2v) is 8.63. The van der Waals surface area contributed by atoms with Gasteiger partial charge in [0.25, 0.3) is 5.91 Å². The van der Waals surface area contributed by atoms with Crippen LogP contribution in [0.15, 0.2) is 24.3 Å². The number of fused-ring (bicyclic) bond motifs is 1. The van der Waals surface area contributed by atoms with E-state index in [1.54, 1.807) is 31.2 Å². The van der Waals surface area contributed by atoms with Crippen LogP contribution in [0.2, 0.25) is 0 Å². The maximum Gasteiger partial charge on any atom is 0.341 e. The zero-order valence-corrected chi connectivity index (χ0v) is 18.7. The van der Waals surface area contributed by atoms with Crippen LogP contribution in [0.4, 0.5) is 10.7 Å². The van der Waals surface area contributed by atoms with Crippen LogP contribution in [0.3, 0.4) is 0 Å². The third-order valence-electron chi connectivity index (χ3n) is 5.36. The third-order valence-corrected chi connectivity index (χ3v) is 6.56. The van der Waals surface area contributed by atoms with E-state index in [0.717, 1.165) is 49.0 Å². The molecule has 1 atom stereocenters. The Labute approximate surface area is 185 Å². The molecule has 166 valence electrons. The van der Waals surface area contributed by atoms with Crippen molar-refractivity contribution in [2.75, 3.05) is 18.2 Å². The van der Waals surface area contributed by atoms with Gasteiger partial charge in [-0.15, -0.1) is 11.3 Å². The minimum atomic E-state index is -0.986. The summed E-state index contributed by atoms with van der Waals surface area (Å²) in [5.41, 5.74) is 7.89. The smallest absolute Gasteiger partial charge is 0.341 e. The minimum Gasteiger partial charge on any atom is -0.465 e. The largest absolute Gasteiger partial charge is 0.465 e. The predicted molar refractivity (Wildman–Crippen MR) is 121 cm³/mol. The third kappa shape index (κ3) is 5.44. The molecule has 1 aliphatic rings. The summed E-state index contributed by atoms with van der Waals surface area (Å²) in [7, 11) is 1.34. The van der Waals surface area contributed by atoms with E-state index in [-0.39, 0.29) is 0 Å². The van der Waals surface area contributed by atoms with E-state index in [2.05, 4.69) is 5.32 Å². The Hall–Kier alpha value is -2.87. The zero-order chi connectivity index (χ0) is 22.4. The number of aryl methyl sites for hydroxylation is 1. The number of carbonyl (C=O) groups is 3. The molecule has 8 heteroatoms. The first-order valence-corrected chi connectivity index (χ1v) is 11.4. The molecule has 3 rings (SSSR count). The fraction of sp³-hybridized carbons (Fsp3) is 0.435. The first kappa shape index (κ1) is 22.8. The first-order valence-electron chi connectivity index (χ1n) is 10.5. The SMILES string of the molecule is CCC(OC(=O)c1ccc(N)cc1)C(=O)Nc1sc2c(c1C(=O)OC)CCCCCC2. The number of carbonyl (C=O) groups excluding carboxylic acids is 3. The van der Waals surface area contributed by atoms with Crippen LogP contribution in [0.5, 0.6) is 0 Å². The van der Waals surface area contributed by atoms with Gasteiger partial charge in [0, 0.05) is 10.6 Å². The summed E-state index contributed by atoms with van der Waals surface area (Å²) in [6.07, 6.45) is 5.31. The van der Waals surface area contributed by atoms with Crippen LogP contribution in [-0.2, 0) is 27.1 Å². The number of amides is 1. The molecule has 0 spiro atoms. The molecular formula is C23H28N2O5S. The highest BCUT2D eigenvalue weighted by molar-refractivity contribution is 7.17. The number of nitrogens with two attached hydrogens (primary N) is 1. The van der Waals surface area contributed by atoms with Gasteiger partial charge >= 0.3 is 11.9 Å². The Morgan fingerprint density at radius 2 is 1.74 bits per heavy atom. The molecule has 0 saturated heterocycles. The Bertz CT molecular complexity index is 952. The average molecular weight is 445 g/mol. The summed E-state index contributed by atoms with van der Waals surface area (Å²) in [6, 6.07) is 6.30. The van der Waals surface area contributed by atoms with Crippen LogP contribution in [0.1, 0.15) is 70.2 Å². The number of benzene rings is 1. The number of ether oxygens (including phenoxy) is 2. The van der Waals surface area contributed by atoms with Crippen molar-refractivity contribution >= 4 is 39.9 Å². The number of thiophene rings is 1. The molecule has 1 aliphatic carbocycles. The molecule has 2 aromatic rings. The number of methoxy groups -OCH3 is 1. The fourth-order valence-corrected chi connectivity index (χ4v) is 4.94. The first-order chi connectivity index (χ1) is 14.9. The van der Waals surface area contributed by atoms with Crippen molar-refractivity contribution in [3.8, 4) is 0 Å². The Kier molecular flexibility index (Phi) is 7.68. The van der Waals surface area contributed by atoms with Crippen LogP contribution in [0, 0.1) is 0 Å². The molecule has 31 heavy (non-hydrogen) atoms. The van der Waals surface area contributed by atoms with Gasteiger partial charge in [0.15, 0.2) is 6.10 Å². The molecule has 0 saturated carbocycles. The molecule has 0 radical (unpaired) electrons. The van der Waals surface area contributed by atoms with Crippen LogP contribution >= 0.6 is 11.3 Å². The van der Waals surface area contributed by atoms with Gasteiger partial charge in [0.2, 0.25) is 0 Å². The normalized spacial score (nSPS) is 14.5. The highest BCUT2D eigenvalue weighted by Crippen LogP contribution is 2.37. The molecule has 7 nitrogen and oxygen atoms in total. The van der Waals surface area contributed by atoms with Gasteiger partial charge in [0.05, 0.1) is 18.2 Å². The monoisotopic (exact) mass is 444 g/mol. The maximum absolute atomic E-state index is 12.9. The lowest BCUT2D eigenvalue weighted by Gasteiger charge is -2.16. The molecular weight excluding hydrogens is 416 g/mol. The summed E-state index contributed by atoms with van der Waals surface area (Å²) < 4.78 is 10.4. The molecule has 0 fully saturated rings. The summed E-state index contributed by atoms with van der Waals surface area (Å²) in [4.78, 5) is 39.0. The lowest BCUT2D eigenvalue weighted by Crippen LogP contribution is -2.32. The molecule has 0 bridgehead atoms. The quantitative estimate of drug-likeness (QED) is 0.507. The minimum absolute atomic E-state index is 0.297. The molecule has 1 heterocycles. The zero-order valence-electron chi connectivity index (χ0n) is 17.9. The standard InChI is InChI=1S/C23H28N2O5S/c1-3-17(30-22(27)14-10-12-15(24)13-11-14)20(26)25-21-19(23(28)29-2)16-8-6-4-5-7-9-18(16)31-21/h10-13,17H,3-9,24H2,1-2H3,(H,25,26). The highest BCUT2D eigenvalue weighted by Gasteiger charge is 2.29. The second kappa shape index (κ2) is 10.4. The van der Waals surface area contributed by atoms with E-state index in [1.807, 2.05) is 0 Å². The summed E-state index contributed by atoms with van der Waals surface area (Å²) in [5.74, 6) is -1.53. The lowest BCUT2D eigenvalue weighted by atomic mass is 9.96. The van der Waals surface area contributed by atoms with E-state index in [4.69, 9.17) is 15.2 Å². The van der Waals surface area contributed by atoms with E-state index < -0.39 is 23.9 Å². The summed E-state index contributed by atoms with van der Waals surface area (Å²) >= 11 is 1.41. The summed E-state index contributed by atoms with van der Waals surface area (Å²) in [5, 5.41) is 3.29. The lowest BCUT2D eigenvalue weighted by molar-refractivity contribution is -0.124. The summed E-state index contributed by atoms with van der Waals surface area (Å²) in [6.45, 7) is 1.76. The average Bonchev–Trinajstić information content (AvgIpc) is 3.07. The van der Waals surface area contributed by atoms with Crippen molar-refractivity contribution in [1.29, 1.82) is 0 Å². The van der Waals surface area contributed by atoms with Gasteiger partial charge in [-0.3, -0.25) is 4.79 Å². The number of anilines is 2. The number of rotatable bonds is 6. The number of hydrogen-bond acceptors (Lipinski definition) is 7. The van der Waals surface area contributed by atoms with E-state index in [1.165, 1.54) is 18.4 Å². The number of hydrogen-bond donors (Lipinski definition) is 2. The van der Waals surface area contributed by atoms with Gasteiger partial charge in [-0.25, -0.2) is 9.59 Å². The van der Waals surface area contributed by atoms with Gasteiger partial charge in [-0.2, -0.15) is 0 Å². The van der Waals surface area contributed by atoms with Gasteiger partial charge < -0.3 is 20.5 Å². The van der Waals surface area contributed by atoms with Crippen molar-refractivity contribution in [3.63, 3.8) is 0 Å². The van der Waals surface area contributed by atoms with Gasteiger partial charge in [-0.05, 0) is 61.9 Å². The van der Waals surface area contributed by atoms with Crippen LogP contribution in [-0.4, -0.2) is 31.1 Å². The van der Waals surface area contributed by atoms with E-state index in [9.17, 15) is 14.4 Å². The van der Waals surface area contributed by atoms with Gasteiger partial charge in [-0.1, -0.05) is 19.8 Å². The molecule has 0 aliphatic heterocycles. The molecule has 1 aromatic heterocycles. The van der Waals surface area contributed by atoms with Crippen molar-refractivity contribution in [3.05, 3.63) is 45.8 Å². The van der Waals surface area contributed by atoms with Gasteiger partial charge in [0.1, 0.15) is 5.00 Å². The molecule has 1 unspecified atom stereocenters. The highest BCUT2D eigenvalue weighted by atomic mass is 32.1. The van der Waals surface area contributed by atoms with Crippen molar-refractivity contribution in [2.45, 2.75) is 58.0 Å². The Morgan fingerprint density at radius 3 is 2.39 bits per heavy atom. The number of esters is 2. The molecule has 1 amide bonds. The maximum atomic E-state index is 12.9. The number of nitrogens with one attached hydrogen (secondary N) is 1. The Balaban J connectivity index is 1.80. The molecule has 3 N–H and O–H groups in total. The van der Waals surface area contributed by atoms with E-state index in [0.29, 0.717) is 28.2 Å². The fourth-order valence-electron chi connectivity index (χ4n) is 3.66. The Morgan fingerprint density at radius 1 is 1.06 bits per heavy atom. The predicted octanol–water partition coefficient (Wildman–Crippen LogP) is 4.35.